The first-order valence-corrected chi connectivity index (χ1v) is 10.4. The largest absolute Gasteiger partial charge is 0.573 e. The van der Waals surface area contributed by atoms with E-state index in [4.69, 9.17) is 16.7 Å². The van der Waals surface area contributed by atoms with E-state index >= 15 is 0 Å². The lowest BCUT2D eigenvalue weighted by molar-refractivity contribution is -0.274. The van der Waals surface area contributed by atoms with Crippen LogP contribution in [0, 0.1) is 0 Å². The van der Waals surface area contributed by atoms with Gasteiger partial charge in [-0.3, -0.25) is 4.79 Å². The van der Waals surface area contributed by atoms with Crippen molar-refractivity contribution in [3.63, 3.8) is 0 Å². The standard InChI is InChI=1S/C19H17BrClF3N4O4/c1-10-9-27(18(30)31)4-5-28(10)15-3-2-12(8-25-15)26-17(29)11-6-13(21)16(20)14(7-11)32-19(22,23)24/h2-3,6-8,10H,4-5,9H2,1H3,(H,26,29)(H,30,31). The van der Waals surface area contributed by atoms with Gasteiger partial charge in [0.25, 0.3) is 5.91 Å². The van der Waals surface area contributed by atoms with Crippen LogP contribution in [-0.2, 0) is 0 Å². The Morgan fingerprint density at radius 3 is 2.59 bits per heavy atom. The van der Waals surface area contributed by atoms with Gasteiger partial charge in [0.2, 0.25) is 0 Å². The number of nitrogens with one attached hydrogen (secondary N) is 1. The Labute approximate surface area is 194 Å². The number of hydrogen-bond acceptors (Lipinski definition) is 5. The molecule has 2 N–H and O–H groups in total. The minimum absolute atomic E-state index is 0.0928. The van der Waals surface area contributed by atoms with Gasteiger partial charge >= 0.3 is 12.5 Å². The number of piperazine rings is 1. The van der Waals surface area contributed by atoms with E-state index in [2.05, 4.69) is 31.0 Å². The van der Waals surface area contributed by atoms with Gasteiger partial charge in [-0.05, 0) is 47.1 Å². The number of carboxylic acid groups (broad SMARTS) is 1. The average molecular weight is 538 g/mol. The molecule has 8 nitrogen and oxygen atoms in total. The molecule has 0 saturated carbocycles. The molecule has 1 atom stereocenters. The second kappa shape index (κ2) is 9.41. The number of nitrogens with zero attached hydrogens (tertiary/aromatic N) is 3. The lowest BCUT2D eigenvalue weighted by atomic mass is 10.2. The molecule has 0 bridgehead atoms. The predicted octanol–water partition coefficient (Wildman–Crippen LogP) is 4.84. The lowest BCUT2D eigenvalue weighted by Crippen LogP contribution is -2.53. The van der Waals surface area contributed by atoms with Crippen LogP contribution in [0.5, 0.6) is 5.75 Å². The molecule has 32 heavy (non-hydrogen) atoms. The molecule has 2 aromatic rings. The number of rotatable bonds is 4. The maximum absolute atomic E-state index is 12.6. The highest BCUT2D eigenvalue weighted by Crippen LogP contribution is 2.37. The molecule has 1 aliphatic rings. The fraction of sp³-hybridized carbons (Fsp3) is 0.316. The van der Waals surface area contributed by atoms with Crippen LogP contribution in [0.25, 0.3) is 0 Å². The van der Waals surface area contributed by atoms with Crippen molar-refractivity contribution in [2.24, 2.45) is 0 Å². The molecule has 1 aromatic heterocycles. The van der Waals surface area contributed by atoms with Gasteiger partial charge in [-0.15, -0.1) is 13.2 Å². The third-order valence-corrected chi connectivity index (χ3v) is 6.03. The normalized spacial score (nSPS) is 16.6. The van der Waals surface area contributed by atoms with Crippen LogP contribution in [0.2, 0.25) is 5.02 Å². The first kappa shape index (κ1) is 23.9. The molecular formula is C19H17BrClF3N4O4. The van der Waals surface area contributed by atoms with Crippen LogP contribution in [0.1, 0.15) is 17.3 Å². The van der Waals surface area contributed by atoms with Crippen LogP contribution < -0.4 is 15.0 Å². The molecule has 13 heteroatoms. The van der Waals surface area contributed by atoms with Crippen molar-refractivity contribution in [1.29, 1.82) is 0 Å². The first-order chi connectivity index (χ1) is 14.9. The molecular weight excluding hydrogens is 521 g/mol. The Morgan fingerprint density at radius 2 is 2.03 bits per heavy atom. The highest BCUT2D eigenvalue weighted by atomic mass is 79.9. The van der Waals surface area contributed by atoms with Crippen molar-refractivity contribution in [1.82, 2.24) is 9.88 Å². The molecule has 1 aliphatic heterocycles. The van der Waals surface area contributed by atoms with Crippen LogP contribution in [0.4, 0.5) is 29.5 Å². The smallest absolute Gasteiger partial charge is 0.465 e. The average Bonchev–Trinajstić information content (AvgIpc) is 2.70. The second-order valence-corrected chi connectivity index (χ2v) is 8.15. The van der Waals surface area contributed by atoms with Crippen LogP contribution >= 0.6 is 27.5 Å². The summed E-state index contributed by atoms with van der Waals surface area (Å²) in [7, 11) is 0. The summed E-state index contributed by atoms with van der Waals surface area (Å²) in [6.45, 7) is 3.02. The molecule has 0 spiro atoms. The number of anilines is 2. The van der Waals surface area contributed by atoms with E-state index in [1.54, 1.807) is 12.1 Å². The Morgan fingerprint density at radius 1 is 1.31 bits per heavy atom. The molecule has 2 heterocycles. The Kier molecular flexibility index (Phi) is 7.03. The summed E-state index contributed by atoms with van der Waals surface area (Å²) >= 11 is 8.82. The number of alkyl halides is 3. The van der Waals surface area contributed by atoms with Crippen LogP contribution in [-0.4, -0.2) is 59.0 Å². The SMILES string of the molecule is CC1CN(C(=O)O)CCN1c1ccc(NC(=O)c2cc(Cl)c(Br)c(OC(F)(F)F)c2)cn1. The monoisotopic (exact) mass is 536 g/mol. The zero-order valence-corrected chi connectivity index (χ0v) is 18.8. The zero-order valence-electron chi connectivity index (χ0n) is 16.5. The number of pyridine rings is 1. The molecule has 1 aromatic carbocycles. The fourth-order valence-corrected chi connectivity index (χ4v) is 3.72. The van der Waals surface area contributed by atoms with Crippen molar-refractivity contribution >= 4 is 51.0 Å². The van der Waals surface area contributed by atoms with Crippen molar-refractivity contribution < 1.29 is 32.6 Å². The quantitative estimate of drug-likeness (QED) is 0.580. The number of carbonyl (C=O) groups is 2. The number of ether oxygens (including phenoxy) is 1. The van der Waals surface area contributed by atoms with Gasteiger partial charge in [0, 0.05) is 31.2 Å². The van der Waals surface area contributed by atoms with Crippen molar-refractivity contribution in [3.8, 4) is 5.75 Å². The molecule has 1 saturated heterocycles. The number of aromatic nitrogens is 1. The predicted molar refractivity (Wildman–Crippen MR) is 114 cm³/mol. The summed E-state index contributed by atoms with van der Waals surface area (Å²) in [5.74, 6) is -0.740. The maximum Gasteiger partial charge on any atom is 0.573 e. The number of carbonyl (C=O) groups excluding carboxylic acids is 1. The van der Waals surface area contributed by atoms with Gasteiger partial charge in [-0.25, -0.2) is 9.78 Å². The van der Waals surface area contributed by atoms with Crippen molar-refractivity contribution in [2.75, 3.05) is 29.9 Å². The Hall–Kier alpha value is -2.73. The minimum atomic E-state index is -4.95. The fourth-order valence-electron chi connectivity index (χ4n) is 3.20. The van der Waals surface area contributed by atoms with E-state index in [1.807, 2.05) is 11.8 Å². The summed E-state index contributed by atoms with van der Waals surface area (Å²) in [6.07, 6.45) is -4.52. The van der Waals surface area contributed by atoms with E-state index in [1.165, 1.54) is 17.2 Å². The topological polar surface area (TPSA) is 95.0 Å². The number of halogens is 5. The molecule has 0 aliphatic carbocycles. The summed E-state index contributed by atoms with van der Waals surface area (Å²) in [4.78, 5) is 31.2. The maximum atomic E-state index is 12.6. The highest BCUT2D eigenvalue weighted by molar-refractivity contribution is 9.10. The van der Waals surface area contributed by atoms with E-state index in [0.717, 1.165) is 6.07 Å². The number of amides is 2. The molecule has 172 valence electrons. The van der Waals surface area contributed by atoms with E-state index in [9.17, 15) is 22.8 Å². The first-order valence-electron chi connectivity index (χ1n) is 9.21. The molecule has 1 unspecified atom stereocenters. The summed E-state index contributed by atoms with van der Waals surface area (Å²) in [5, 5.41) is 11.5. The summed E-state index contributed by atoms with van der Waals surface area (Å²) in [6, 6.07) is 5.28. The van der Waals surface area contributed by atoms with Gasteiger partial charge in [-0.2, -0.15) is 0 Å². The second-order valence-electron chi connectivity index (χ2n) is 6.95. The van der Waals surface area contributed by atoms with E-state index in [-0.39, 0.29) is 21.1 Å². The lowest BCUT2D eigenvalue weighted by Gasteiger charge is -2.39. The highest BCUT2D eigenvalue weighted by Gasteiger charge is 2.33. The Balaban J connectivity index is 1.71. The van der Waals surface area contributed by atoms with Gasteiger partial charge in [0.1, 0.15) is 11.6 Å². The van der Waals surface area contributed by atoms with Crippen LogP contribution in [0.15, 0.2) is 34.9 Å². The minimum Gasteiger partial charge on any atom is -0.465 e. The Bertz CT molecular complexity index is 1020. The molecule has 0 radical (unpaired) electrons. The molecule has 1 fully saturated rings. The third kappa shape index (κ3) is 5.74. The van der Waals surface area contributed by atoms with E-state index in [0.29, 0.717) is 31.1 Å². The third-order valence-electron chi connectivity index (χ3n) is 4.68. The zero-order chi connectivity index (χ0) is 23.6. The van der Waals surface area contributed by atoms with Crippen LogP contribution in [0.3, 0.4) is 0 Å². The van der Waals surface area contributed by atoms with E-state index < -0.39 is 24.1 Å². The number of benzene rings is 1. The van der Waals surface area contributed by atoms with Crippen molar-refractivity contribution in [3.05, 3.63) is 45.5 Å². The molecule has 2 amide bonds. The van der Waals surface area contributed by atoms with Gasteiger partial charge in [-0.1, -0.05) is 11.6 Å². The molecule has 3 rings (SSSR count). The van der Waals surface area contributed by atoms with Crippen molar-refractivity contribution in [2.45, 2.75) is 19.3 Å². The van der Waals surface area contributed by atoms with Gasteiger partial charge < -0.3 is 25.0 Å². The van der Waals surface area contributed by atoms with Gasteiger partial charge in [0.05, 0.1) is 21.4 Å². The summed E-state index contributed by atoms with van der Waals surface area (Å²) < 4.78 is 41.5. The van der Waals surface area contributed by atoms with Gasteiger partial charge in [0.15, 0.2) is 0 Å². The summed E-state index contributed by atoms with van der Waals surface area (Å²) in [5.41, 5.74) is 0.174. The number of hydrogen-bond donors (Lipinski definition) is 2.